The Balaban J connectivity index is 2.33. The molecule has 0 radical (unpaired) electrons. The molecular formula is C16H14BrN2O6-. The van der Waals surface area contributed by atoms with Crippen molar-refractivity contribution in [3.63, 3.8) is 0 Å². The van der Waals surface area contributed by atoms with Gasteiger partial charge in [-0.2, -0.15) is 0 Å². The summed E-state index contributed by atoms with van der Waals surface area (Å²) < 4.78 is 10.7. The number of halogens is 1. The summed E-state index contributed by atoms with van der Waals surface area (Å²) in [6, 6.07) is 2.60. The molecule has 1 N–H and O–H groups in total. The number of carbonyl (C=O) groups excluding carboxylic acids is 3. The molecule has 1 fully saturated rings. The molecule has 8 nitrogen and oxygen atoms in total. The van der Waals surface area contributed by atoms with Gasteiger partial charge in [0, 0.05) is 6.54 Å². The molecule has 132 valence electrons. The van der Waals surface area contributed by atoms with Crippen molar-refractivity contribution in [2.24, 2.45) is 0 Å². The van der Waals surface area contributed by atoms with Crippen LogP contribution in [0.1, 0.15) is 5.56 Å². The average molecular weight is 410 g/mol. The summed E-state index contributed by atoms with van der Waals surface area (Å²) in [6.07, 6.45) is 2.92. The van der Waals surface area contributed by atoms with Crippen molar-refractivity contribution in [1.29, 1.82) is 0 Å². The minimum Gasteiger partial charge on any atom is -0.546 e. The van der Waals surface area contributed by atoms with Crippen molar-refractivity contribution >= 4 is 39.9 Å². The molecule has 1 saturated heterocycles. The predicted octanol–water partition coefficient (Wildman–Crippen LogP) is 0.665. The molecule has 3 amide bonds. The van der Waals surface area contributed by atoms with Crippen LogP contribution in [0, 0.1) is 0 Å². The van der Waals surface area contributed by atoms with E-state index < -0.39 is 24.5 Å². The summed E-state index contributed by atoms with van der Waals surface area (Å²) in [4.78, 5) is 35.5. The van der Waals surface area contributed by atoms with Crippen molar-refractivity contribution in [1.82, 2.24) is 10.2 Å². The van der Waals surface area contributed by atoms with Gasteiger partial charge in [0.05, 0.1) is 17.6 Å². The van der Waals surface area contributed by atoms with Gasteiger partial charge in [0.1, 0.15) is 12.3 Å². The van der Waals surface area contributed by atoms with E-state index in [1.807, 2.05) is 0 Å². The number of ether oxygens (including phenoxy) is 2. The lowest BCUT2D eigenvalue weighted by molar-refractivity contribution is -0.307. The summed E-state index contributed by atoms with van der Waals surface area (Å²) in [7, 11) is 1.39. The molecule has 1 aromatic rings. The van der Waals surface area contributed by atoms with Crippen LogP contribution in [-0.4, -0.2) is 43.1 Å². The Labute approximate surface area is 151 Å². The van der Waals surface area contributed by atoms with E-state index in [1.54, 1.807) is 6.07 Å². The maximum atomic E-state index is 12.2. The first kappa shape index (κ1) is 18.5. The van der Waals surface area contributed by atoms with Gasteiger partial charge in [-0.3, -0.25) is 9.69 Å². The lowest BCUT2D eigenvalue weighted by Crippen LogP contribution is -2.30. The van der Waals surface area contributed by atoms with E-state index in [2.05, 4.69) is 27.8 Å². The van der Waals surface area contributed by atoms with Crippen molar-refractivity contribution in [2.45, 2.75) is 0 Å². The molecule has 2 rings (SSSR count). The Kier molecular flexibility index (Phi) is 5.81. The molecule has 0 bridgehead atoms. The number of carboxylic acids is 1. The number of rotatable bonds is 7. The van der Waals surface area contributed by atoms with Gasteiger partial charge >= 0.3 is 6.03 Å². The number of benzene rings is 1. The van der Waals surface area contributed by atoms with Crippen LogP contribution < -0.4 is 19.9 Å². The molecular weight excluding hydrogens is 396 g/mol. The summed E-state index contributed by atoms with van der Waals surface area (Å²) in [6.45, 7) is 2.96. The topological polar surface area (TPSA) is 108 Å². The number of aliphatic carboxylic acids is 1. The number of methoxy groups -OCH3 is 1. The molecule has 0 aromatic heterocycles. The summed E-state index contributed by atoms with van der Waals surface area (Å²) in [5, 5.41) is 13.0. The minimum atomic E-state index is -1.37. The molecule has 0 saturated carbocycles. The van der Waals surface area contributed by atoms with Crippen LogP contribution in [0.2, 0.25) is 0 Å². The molecule has 1 aliphatic rings. The lowest BCUT2D eigenvalue weighted by atomic mass is 10.1. The highest BCUT2D eigenvalue weighted by Crippen LogP contribution is 2.37. The monoisotopic (exact) mass is 409 g/mol. The zero-order chi connectivity index (χ0) is 18.6. The standard InChI is InChI=1S/C16H15BrN2O6/c1-3-4-19-15(22)11(18-16(19)23)6-9-5-10(17)14(12(7-9)24-2)25-8-13(20)21/h3,5-7H,1,4,8H2,2H3,(H,18,23)(H,20,21)/p-1/b11-6+. The third kappa shape index (κ3) is 4.18. The van der Waals surface area contributed by atoms with Gasteiger partial charge in [0.25, 0.3) is 5.91 Å². The van der Waals surface area contributed by atoms with Crippen LogP contribution in [-0.2, 0) is 9.59 Å². The molecule has 1 aromatic carbocycles. The molecule has 1 heterocycles. The fourth-order valence-corrected chi connectivity index (χ4v) is 2.70. The van der Waals surface area contributed by atoms with E-state index in [0.717, 1.165) is 4.90 Å². The third-order valence-electron chi connectivity index (χ3n) is 3.17. The molecule has 0 aliphatic carbocycles. The van der Waals surface area contributed by atoms with Crippen LogP contribution in [0.15, 0.2) is 35.0 Å². The van der Waals surface area contributed by atoms with Crippen LogP contribution in [0.4, 0.5) is 4.79 Å². The summed E-state index contributed by atoms with van der Waals surface area (Å²) in [5.74, 6) is -1.41. The maximum Gasteiger partial charge on any atom is 0.329 e. The average Bonchev–Trinajstić information content (AvgIpc) is 2.81. The fraction of sp³-hybridized carbons (Fsp3) is 0.188. The number of imide groups is 1. The highest BCUT2D eigenvalue weighted by atomic mass is 79.9. The van der Waals surface area contributed by atoms with Crippen LogP contribution in [0.3, 0.4) is 0 Å². The van der Waals surface area contributed by atoms with Gasteiger partial charge in [-0.1, -0.05) is 6.08 Å². The Morgan fingerprint density at radius 3 is 2.76 bits per heavy atom. The zero-order valence-electron chi connectivity index (χ0n) is 13.2. The Hall–Kier alpha value is -2.81. The van der Waals surface area contributed by atoms with Crippen molar-refractivity contribution in [3.8, 4) is 11.5 Å². The van der Waals surface area contributed by atoms with Crippen molar-refractivity contribution < 1.29 is 29.0 Å². The zero-order valence-corrected chi connectivity index (χ0v) is 14.8. The number of nitrogens with one attached hydrogen (secondary N) is 1. The van der Waals surface area contributed by atoms with E-state index >= 15 is 0 Å². The number of carbonyl (C=O) groups is 3. The second-order valence-electron chi connectivity index (χ2n) is 4.89. The minimum absolute atomic E-state index is 0.101. The van der Waals surface area contributed by atoms with Gasteiger partial charge in [-0.05, 0) is 39.7 Å². The summed E-state index contributed by atoms with van der Waals surface area (Å²) in [5.41, 5.74) is 0.637. The number of nitrogens with zero attached hydrogens (tertiary/aromatic N) is 1. The molecule has 0 spiro atoms. The summed E-state index contributed by atoms with van der Waals surface area (Å²) >= 11 is 3.26. The molecule has 9 heteroatoms. The molecule has 0 unspecified atom stereocenters. The smallest absolute Gasteiger partial charge is 0.329 e. The number of amides is 3. The fourth-order valence-electron chi connectivity index (χ4n) is 2.13. The van der Waals surface area contributed by atoms with Crippen LogP contribution in [0.25, 0.3) is 6.08 Å². The predicted molar refractivity (Wildman–Crippen MR) is 89.6 cm³/mol. The Bertz CT molecular complexity index is 774. The number of hydrogen-bond donors (Lipinski definition) is 1. The van der Waals surface area contributed by atoms with Crippen molar-refractivity contribution in [2.75, 3.05) is 20.3 Å². The SMILES string of the molecule is C=CCN1C(=O)N/C(=C/c2cc(Br)c(OCC(=O)[O-])c(OC)c2)C1=O. The normalized spacial score (nSPS) is 15.3. The first-order valence-corrected chi connectivity index (χ1v) is 7.82. The van der Waals surface area contributed by atoms with E-state index in [4.69, 9.17) is 9.47 Å². The van der Waals surface area contributed by atoms with E-state index in [-0.39, 0.29) is 23.7 Å². The highest BCUT2D eigenvalue weighted by molar-refractivity contribution is 9.10. The Morgan fingerprint density at radius 2 is 2.16 bits per heavy atom. The Morgan fingerprint density at radius 1 is 1.44 bits per heavy atom. The third-order valence-corrected chi connectivity index (χ3v) is 3.76. The van der Waals surface area contributed by atoms with Crippen molar-refractivity contribution in [3.05, 3.63) is 40.5 Å². The van der Waals surface area contributed by atoms with Gasteiger partial charge in [-0.25, -0.2) is 4.79 Å². The lowest BCUT2D eigenvalue weighted by Gasteiger charge is -2.14. The van der Waals surface area contributed by atoms with Gasteiger partial charge < -0.3 is 24.7 Å². The number of carboxylic acid groups (broad SMARTS) is 1. The van der Waals surface area contributed by atoms with Crippen LogP contribution in [0.5, 0.6) is 11.5 Å². The second kappa shape index (κ2) is 7.84. The molecule has 25 heavy (non-hydrogen) atoms. The molecule has 1 aliphatic heterocycles. The van der Waals surface area contributed by atoms with Gasteiger partial charge in [-0.15, -0.1) is 6.58 Å². The quantitative estimate of drug-likeness (QED) is 0.402. The molecule has 0 atom stereocenters. The first-order chi connectivity index (χ1) is 11.9. The van der Waals surface area contributed by atoms with E-state index in [9.17, 15) is 19.5 Å². The van der Waals surface area contributed by atoms with E-state index in [0.29, 0.717) is 10.0 Å². The number of urea groups is 1. The first-order valence-electron chi connectivity index (χ1n) is 7.03. The highest BCUT2D eigenvalue weighted by Gasteiger charge is 2.32. The largest absolute Gasteiger partial charge is 0.546 e. The second-order valence-corrected chi connectivity index (χ2v) is 5.74. The maximum absolute atomic E-state index is 12.2. The van der Waals surface area contributed by atoms with E-state index in [1.165, 1.54) is 25.3 Å². The van der Waals surface area contributed by atoms with Crippen LogP contribution >= 0.6 is 15.9 Å². The van der Waals surface area contributed by atoms with Gasteiger partial charge in [0.2, 0.25) is 0 Å². The number of hydrogen-bond acceptors (Lipinski definition) is 6. The van der Waals surface area contributed by atoms with Gasteiger partial charge in [0.15, 0.2) is 11.5 Å².